The first kappa shape index (κ1) is 13.8. The fourth-order valence-corrected chi connectivity index (χ4v) is 2.27. The van der Waals surface area contributed by atoms with Crippen LogP contribution in [0.2, 0.25) is 0 Å². The molecule has 0 saturated carbocycles. The minimum Gasteiger partial charge on any atom is -0.370 e. The van der Waals surface area contributed by atoms with Crippen LogP contribution in [-0.4, -0.2) is 27.3 Å². The Bertz CT molecular complexity index is 423. The molecule has 0 bridgehead atoms. The number of nitrogens with zero attached hydrogens (tertiary/aromatic N) is 4. The summed E-state index contributed by atoms with van der Waals surface area (Å²) >= 11 is 0. The van der Waals surface area contributed by atoms with Gasteiger partial charge in [0.1, 0.15) is 12.4 Å². The second-order valence-electron chi connectivity index (χ2n) is 4.98. The number of guanidine groups is 1. The molecule has 1 aromatic heterocycles. The summed E-state index contributed by atoms with van der Waals surface area (Å²) in [4.78, 5) is 4.34. The van der Waals surface area contributed by atoms with E-state index in [9.17, 15) is 0 Å². The lowest BCUT2D eigenvalue weighted by molar-refractivity contribution is 0.606. The second-order valence-corrected chi connectivity index (χ2v) is 4.98. The molecule has 106 valence electrons. The molecule has 1 aromatic rings. The fourth-order valence-electron chi connectivity index (χ4n) is 2.27. The second kappa shape index (κ2) is 7.11. The van der Waals surface area contributed by atoms with Gasteiger partial charge in [-0.1, -0.05) is 19.8 Å². The van der Waals surface area contributed by atoms with Crippen LogP contribution in [0.3, 0.4) is 0 Å². The van der Waals surface area contributed by atoms with E-state index in [0.717, 1.165) is 44.0 Å². The van der Waals surface area contributed by atoms with Gasteiger partial charge in [0.25, 0.3) is 0 Å². The molecule has 0 spiro atoms. The van der Waals surface area contributed by atoms with Crippen LogP contribution in [0.5, 0.6) is 0 Å². The van der Waals surface area contributed by atoms with Gasteiger partial charge in [0, 0.05) is 19.5 Å². The molecule has 0 unspecified atom stereocenters. The molecule has 2 rings (SSSR count). The standard InChI is InChI=1S/C13H24N6/c1-2-3-8-15-13(14)16-10-12-18-17-11-7-5-4-6-9-19(11)12/h2-10H2,1H3,(H3,14,15,16). The Kier molecular flexibility index (Phi) is 5.18. The monoisotopic (exact) mass is 264 g/mol. The van der Waals surface area contributed by atoms with Gasteiger partial charge < -0.3 is 15.6 Å². The highest BCUT2D eigenvalue weighted by molar-refractivity contribution is 5.77. The molecule has 0 saturated heterocycles. The number of hydrogen-bond acceptors (Lipinski definition) is 3. The third kappa shape index (κ3) is 3.94. The number of nitrogens with two attached hydrogens (primary N) is 1. The van der Waals surface area contributed by atoms with Crippen molar-refractivity contribution in [1.29, 1.82) is 0 Å². The highest BCUT2D eigenvalue weighted by Gasteiger charge is 2.13. The van der Waals surface area contributed by atoms with Crippen LogP contribution in [0, 0.1) is 0 Å². The third-order valence-corrected chi connectivity index (χ3v) is 3.41. The summed E-state index contributed by atoms with van der Waals surface area (Å²) < 4.78 is 2.20. The van der Waals surface area contributed by atoms with Crippen LogP contribution < -0.4 is 11.1 Å². The number of hydrogen-bond donors (Lipinski definition) is 2. The first-order chi connectivity index (χ1) is 9.31. The van der Waals surface area contributed by atoms with Crippen molar-refractivity contribution in [3.8, 4) is 0 Å². The average Bonchev–Trinajstić information content (AvgIpc) is 2.64. The predicted molar refractivity (Wildman–Crippen MR) is 75.8 cm³/mol. The minimum absolute atomic E-state index is 0.499. The Morgan fingerprint density at radius 3 is 3.11 bits per heavy atom. The van der Waals surface area contributed by atoms with Crippen LogP contribution in [0.4, 0.5) is 0 Å². The molecule has 3 N–H and O–H groups in total. The zero-order valence-electron chi connectivity index (χ0n) is 11.7. The largest absolute Gasteiger partial charge is 0.370 e. The Labute approximate surface area is 114 Å². The molecule has 0 fully saturated rings. The van der Waals surface area contributed by atoms with Crippen LogP contribution in [0.25, 0.3) is 0 Å². The number of nitrogens with one attached hydrogen (secondary N) is 1. The van der Waals surface area contributed by atoms with E-state index in [2.05, 4.69) is 32.0 Å². The van der Waals surface area contributed by atoms with Crippen LogP contribution in [0.1, 0.15) is 50.7 Å². The van der Waals surface area contributed by atoms with Crippen molar-refractivity contribution in [2.45, 2.75) is 58.5 Å². The van der Waals surface area contributed by atoms with Crippen LogP contribution in [0.15, 0.2) is 4.99 Å². The normalized spacial score (nSPS) is 15.9. The quantitative estimate of drug-likeness (QED) is 0.476. The van der Waals surface area contributed by atoms with E-state index in [1.807, 2.05) is 0 Å². The van der Waals surface area contributed by atoms with E-state index in [-0.39, 0.29) is 0 Å². The number of aromatic nitrogens is 3. The fraction of sp³-hybridized carbons (Fsp3) is 0.769. The molecule has 0 radical (unpaired) electrons. The molecule has 1 aliphatic rings. The first-order valence-electron chi connectivity index (χ1n) is 7.26. The van der Waals surface area contributed by atoms with Crippen molar-refractivity contribution < 1.29 is 0 Å². The zero-order chi connectivity index (χ0) is 13.5. The summed E-state index contributed by atoms with van der Waals surface area (Å²) in [5.41, 5.74) is 5.82. The van der Waals surface area contributed by atoms with Crippen molar-refractivity contribution in [2.75, 3.05) is 6.54 Å². The van der Waals surface area contributed by atoms with E-state index in [0.29, 0.717) is 12.5 Å². The molecular formula is C13H24N6. The van der Waals surface area contributed by atoms with Gasteiger partial charge in [-0.2, -0.15) is 0 Å². The summed E-state index contributed by atoms with van der Waals surface area (Å²) in [6.07, 6.45) is 6.97. The van der Waals surface area contributed by atoms with E-state index < -0.39 is 0 Å². The lowest BCUT2D eigenvalue weighted by Crippen LogP contribution is -2.32. The van der Waals surface area contributed by atoms with E-state index in [1.54, 1.807) is 0 Å². The lowest BCUT2D eigenvalue weighted by atomic mass is 10.2. The van der Waals surface area contributed by atoms with Gasteiger partial charge in [-0.25, -0.2) is 4.99 Å². The van der Waals surface area contributed by atoms with Crippen LogP contribution in [-0.2, 0) is 19.5 Å². The number of unbranched alkanes of at least 4 members (excludes halogenated alkanes) is 1. The topological polar surface area (TPSA) is 81.1 Å². The van der Waals surface area contributed by atoms with Gasteiger partial charge in [0.05, 0.1) is 0 Å². The Morgan fingerprint density at radius 2 is 2.26 bits per heavy atom. The van der Waals surface area contributed by atoms with Crippen molar-refractivity contribution >= 4 is 5.96 Å². The highest BCUT2D eigenvalue weighted by atomic mass is 15.3. The molecule has 2 heterocycles. The smallest absolute Gasteiger partial charge is 0.189 e. The molecule has 0 aliphatic carbocycles. The van der Waals surface area contributed by atoms with Crippen LogP contribution >= 0.6 is 0 Å². The van der Waals surface area contributed by atoms with Crippen molar-refractivity contribution in [2.24, 2.45) is 10.7 Å². The Morgan fingerprint density at radius 1 is 1.37 bits per heavy atom. The van der Waals surface area contributed by atoms with Gasteiger partial charge in [0.2, 0.25) is 0 Å². The SMILES string of the molecule is CCCCNC(N)=NCc1nnc2n1CCCCC2. The molecule has 6 nitrogen and oxygen atoms in total. The predicted octanol–water partition coefficient (Wildman–Crippen LogP) is 1.21. The summed E-state index contributed by atoms with van der Waals surface area (Å²) in [5.74, 6) is 2.52. The third-order valence-electron chi connectivity index (χ3n) is 3.41. The zero-order valence-corrected chi connectivity index (χ0v) is 11.7. The molecule has 0 amide bonds. The van der Waals surface area contributed by atoms with Gasteiger partial charge in [-0.05, 0) is 19.3 Å². The summed E-state index contributed by atoms with van der Waals surface area (Å²) in [6.45, 7) is 4.55. The van der Waals surface area contributed by atoms with E-state index in [4.69, 9.17) is 5.73 Å². The van der Waals surface area contributed by atoms with Gasteiger partial charge in [-0.3, -0.25) is 0 Å². The van der Waals surface area contributed by atoms with E-state index in [1.165, 1.54) is 19.3 Å². The first-order valence-corrected chi connectivity index (χ1v) is 7.26. The number of aryl methyl sites for hydroxylation is 1. The maximum Gasteiger partial charge on any atom is 0.189 e. The molecule has 1 aliphatic heterocycles. The molecule has 19 heavy (non-hydrogen) atoms. The number of rotatable bonds is 5. The molecule has 0 aromatic carbocycles. The van der Waals surface area contributed by atoms with Gasteiger partial charge >= 0.3 is 0 Å². The van der Waals surface area contributed by atoms with Crippen molar-refractivity contribution in [1.82, 2.24) is 20.1 Å². The molecule has 0 atom stereocenters. The average molecular weight is 264 g/mol. The summed E-state index contributed by atoms with van der Waals surface area (Å²) in [5, 5.41) is 11.6. The maximum atomic E-state index is 5.82. The highest BCUT2D eigenvalue weighted by Crippen LogP contribution is 2.14. The van der Waals surface area contributed by atoms with Gasteiger partial charge in [-0.15, -0.1) is 10.2 Å². The van der Waals surface area contributed by atoms with Crippen molar-refractivity contribution in [3.05, 3.63) is 11.6 Å². The number of fused-ring (bicyclic) bond motifs is 1. The Hall–Kier alpha value is -1.59. The van der Waals surface area contributed by atoms with E-state index >= 15 is 0 Å². The molecular weight excluding hydrogens is 240 g/mol. The van der Waals surface area contributed by atoms with Gasteiger partial charge in [0.15, 0.2) is 11.8 Å². The number of aliphatic imine (C=N–C) groups is 1. The summed E-state index contributed by atoms with van der Waals surface area (Å²) in [7, 11) is 0. The van der Waals surface area contributed by atoms with Crippen molar-refractivity contribution in [3.63, 3.8) is 0 Å². The maximum absolute atomic E-state index is 5.82. The lowest BCUT2D eigenvalue weighted by Gasteiger charge is -2.06. The Balaban J connectivity index is 1.92. The summed E-state index contributed by atoms with van der Waals surface area (Å²) in [6, 6.07) is 0. The minimum atomic E-state index is 0.499. The molecule has 6 heteroatoms.